The van der Waals surface area contributed by atoms with E-state index in [1.807, 2.05) is 0 Å². The molecule has 0 unspecified atom stereocenters. The van der Waals surface area contributed by atoms with Gasteiger partial charge in [-0.05, 0) is 0 Å². The maximum absolute atomic E-state index is 12.1. The van der Waals surface area contributed by atoms with Gasteiger partial charge in [0.25, 0.3) is 0 Å². The molecule has 0 aromatic carbocycles. The maximum atomic E-state index is 12.1. The molecule has 10 heavy (non-hydrogen) atoms. The van der Waals surface area contributed by atoms with Gasteiger partial charge in [-0.15, -0.1) is 12.4 Å². The highest BCUT2D eigenvalue weighted by Gasteiger charge is 2.09. The summed E-state index contributed by atoms with van der Waals surface area (Å²) in [6.07, 6.45) is -1.51. The van der Waals surface area contributed by atoms with E-state index in [4.69, 9.17) is 5.73 Å². The summed E-state index contributed by atoms with van der Waals surface area (Å²) < 4.78 is 16.3. The highest BCUT2D eigenvalue weighted by molar-refractivity contribution is 5.85. The van der Waals surface area contributed by atoms with E-state index in [1.54, 1.807) is 0 Å². The fourth-order valence-electron chi connectivity index (χ4n) is 0.348. The molecule has 0 fully saturated rings. The van der Waals surface area contributed by atoms with E-state index in [0.29, 0.717) is 0 Å². The van der Waals surface area contributed by atoms with Crippen LogP contribution in [0.1, 0.15) is 6.42 Å². The summed E-state index contributed by atoms with van der Waals surface area (Å²) in [6.45, 7) is -0.130. The van der Waals surface area contributed by atoms with Crippen LogP contribution in [-0.2, 0) is 9.53 Å². The Labute approximate surface area is 65.1 Å². The van der Waals surface area contributed by atoms with Crippen molar-refractivity contribution in [2.24, 2.45) is 5.73 Å². The van der Waals surface area contributed by atoms with Crippen LogP contribution in [0.4, 0.5) is 4.39 Å². The van der Waals surface area contributed by atoms with Crippen molar-refractivity contribution in [3.05, 3.63) is 0 Å². The molecule has 5 heteroatoms. The first-order valence-corrected chi connectivity index (χ1v) is 2.61. The van der Waals surface area contributed by atoms with Crippen LogP contribution in [0.2, 0.25) is 0 Å². The summed E-state index contributed by atoms with van der Waals surface area (Å²) in [7, 11) is 1.21. The molecule has 0 saturated heterocycles. The Bertz CT molecular complexity index is 102. The van der Waals surface area contributed by atoms with Crippen molar-refractivity contribution >= 4 is 18.4 Å². The van der Waals surface area contributed by atoms with E-state index in [1.165, 1.54) is 7.11 Å². The Hall–Kier alpha value is -0.350. The number of alkyl halides is 1. The second kappa shape index (κ2) is 6.77. The molecule has 0 aliphatic carbocycles. The van der Waals surface area contributed by atoms with Crippen molar-refractivity contribution < 1.29 is 13.9 Å². The van der Waals surface area contributed by atoms with Crippen LogP contribution in [0.3, 0.4) is 0 Å². The minimum absolute atomic E-state index is 0. The molecule has 0 radical (unpaired) electrons. The number of esters is 1. The van der Waals surface area contributed by atoms with Crippen LogP contribution in [-0.4, -0.2) is 25.8 Å². The number of hydrogen-bond donors (Lipinski definition) is 1. The van der Waals surface area contributed by atoms with Crippen molar-refractivity contribution in [1.82, 2.24) is 0 Å². The van der Waals surface area contributed by atoms with E-state index in [0.717, 1.165) is 0 Å². The first-order valence-electron chi connectivity index (χ1n) is 2.61. The van der Waals surface area contributed by atoms with Gasteiger partial charge in [0, 0.05) is 6.54 Å². The lowest BCUT2D eigenvalue weighted by Crippen LogP contribution is -2.19. The van der Waals surface area contributed by atoms with Gasteiger partial charge in [-0.2, -0.15) is 0 Å². The quantitative estimate of drug-likeness (QED) is 0.621. The van der Waals surface area contributed by atoms with Gasteiger partial charge < -0.3 is 10.5 Å². The maximum Gasteiger partial charge on any atom is 0.308 e. The lowest BCUT2D eigenvalue weighted by molar-refractivity contribution is -0.141. The van der Waals surface area contributed by atoms with Gasteiger partial charge in [0.1, 0.15) is 6.17 Å². The molecule has 0 aliphatic heterocycles. The summed E-state index contributed by atoms with van der Waals surface area (Å²) in [5.74, 6) is -0.562. The molecule has 2 N–H and O–H groups in total. The third-order valence-electron chi connectivity index (χ3n) is 0.872. The Morgan fingerprint density at radius 1 is 1.80 bits per heavy atom. The molecule has 0 bridgehead atoms. The van der Waals surface area contributed by atoms with Gasteiger partial charge >= 0.3 is 5.97 Å². The van der Waals surface area contributed by atoms with Crippen molar-refractivity contribution in [2.45, 2.75) is 12.6 Å². The molecule has 0 rings (SSSR count). The van der Waals surface area contributed by atoms with Crippen molar-refractivity contribution in [2.75, 3.05) is 13.7 Å². The summed E-state index contributed by atoms with van der Waals surface area (Å²) in [6, 6.07) is 0. The molecular formula is C5H11ClFNO2. The van der Waals surface area contributed by atoms with Crippen LogP contribution >= 0.6 is 12.4 Å². The first-order chi connectivity index (χ1) is 4.20. The normalized spacial score (nSPS) is 11.5. The van der Waals surface area contributed by atoms with Crippen LogP contribution in [0.5, 0.6) is 0 Å². The summed E-state index contributed by atoms with van der Waals surface area (Å²) >= 11 is 0. The van der Waals surface area contributed by atoms with Gasteiger partial charge in [-0.3, -0.25) is 4.79 Å². The van der Waals surface area contributed by atoms with Crippen LogP contribution in [0, 0.1) is 0 Å². The number of rotatable bonds is 3. The molecular weight excluding hydrogens is 161 g/mol. The van der Waals surface area contributed by atoms with Crippen molar-refractivity contribution in [1.29, 1.82) is 0 Å². The van der Waals surface area contributed by atoms with Gasteiger partial charge in [0.15, 0.2) is 0 Å². The fourth-order valence-corrected chi connectivity index (χ4v) is 0.348. The van der Waals surface area contributed by atoms with E-state index < -0.39 is 12.1 Å². The number of methoxy groups -OCH3 is 1. The van der Waals surface area contributed by atoms with Gasteiger partial charge in [0.2, 0.25) is 0 Å². The van der Waals surface area contributed by atoms with Crippen LogP contribution in [0.25, 0.3) is 0 Å². The number of hydrogen-bond acceptors (Lipinski definition) is 3. The Morgan fingerprint density at radius 2 is 2.30 bits per heavy atom. The van der Waals surface area contributed by atoms with Gasteiger partial charge in [0.05, 0.1) is 13.5 Å². The second-order valence-corrected chi connectivity index (χ2v) is 1.61. The monoisotopic (exact) mass is 171 g/mol. The average molecular weight is 172 g/mol. The zero-order chi connectivity index (χ0) is 7.28. The molecule has 0 spiro atoms. The van der Waals surface area contributed by atoms with Crippen LogP contribution in [0.15, 0.2) is 0 Å². The lowest BCUT2D eigenvalue weighted by atomic mass is 10.3. The molecule has 0 aromatic heterocycles. The molecule has 0 aromatic rings. The van der Waals surface area contributed by atoms with Crippen LogP contribution < -0.4 is 5.73 Å². The smallest absolute Gasteiger partial charge is 0.308 e. The Kier molecular flexibility index (Phi) is 8.35. The molecule has 3 nitrogen and oxygen atoms in total. The summed E-state index contributed by atoms with van der Waals surface area (Å²) in [5.41, 5.74) is 4.89. The highest BCUT2D eigenvalue weighted by atomic mass is 35.5. The standard InChI is InChI=1S/C5H10FNO2.ClH/c1-9-5(8)2-4(6)3-7;/h4H,2-3,7H2,1H3;1H/t4-;/m1./s1. The number of nitrogens with two attached hydrogens (primary N) is 1. The van der Waals surface area contributed by atoms with E-state index >= 15 is 0 Å². The fraction of sp³-hybridized carbons (Fsp3) is 0.800. The third-order valence-corrected chi connectivity index (χ3v) is 0.872. The number of halogens is 2. The predicted molar refractivity (Wildman–Crippen MR) is 37.8 cm³/mol. The van der Waals surface area contributed by atoms with Crippen molar-refractivity contribution in [3.8, 4) is 0 Å². The largest absolute Gasteiger partial charge is 0.469 e. The Balaban J connectivity index is 0. The average Bonchev–Trinajstić information content (AvgIpc) is 1.87. The minimum Gasteiger partial charge on any atom is -0.469 e. The van der Waals surface area contributed by atoms with Gasteiger partial charge in [-0.1, -0.05) is 0 Å². The lowest BCUT2D eigenvalue weighted by Gasteiger charge is -2.00. The zero-order valence-electron chi connectivity index (χ0n) is 5.67. The number of carbonyl (C=O) groups is 1. The topological polar surface area (TPSA) is 52.3 Å². The Morgan fingerprint density at radius 3 is 2.60 bits per heavy atom. The third kappa shape index (κ3) is 5.78. The molecule has 62 valence electrons. The molecule has 0 heterocycles. The zero-order valence-corrected chi connectivity index (χ0v) is 6.49. The minimum atomic E-state index is -1.27. The van der Waals surface area contributed by atoms with E-state index in [-0.39, 0.29) is 25.4 Å². The van der Waals surface area contributed by atoms with Gasteiger partial charge in [-0.25, -0.2) is 4.39 Å². The predicted octanol–water partition coefficient (Wildman–Crippen LogP) is 0.268. The van der Waals surface area contributed by atoms with Crippen molar-refractivity contribution in [3.63, 3.8) is 0 Å². The molecule has 0 amide bonds. The first kappa shape index (κ1) is 12.3. The SMILES string of the molecule is COC(=O)C[C@@H](F)CN.Cl. The highest BCUT2D eigenvalue weighted by Crippen LogP contribution is 1.95. The molecule has 1 atom stereocenters. The van der Waals surface area contributed by atoms with E-state index in [9.17, 15) is 9.18 Å². The molecule has 0 saturated carbocycles. The summed E-state index contributed by atoms with van der Waals surface area (Å²) in [5, 5.41) is 0. The number of carbonyl (C=O) groups excluding carboxylic acids is 1. The number of ether oxygens (including phenoxy) is 1. The van der Waals surface area contributed by atoms with E-state index in [2.05, 4.69) is 4.74 Å². The molecule has 0 aliphatic rings. The summed E-state index contributed by atoms with van der Waals surface area (Å²) in [4.78, 5) is 10.3. The second-order valence-electron chi connectivity index (χ2n) is 1.61.